The highest BCUT2D eigenvalue weighted by Crippen LogP contribution is 2.06. The molecule has 2 N–H and O–H groups in total. The molecule has 0 heterocycles. The molecule has 0 saturated carbocycles. The fourth-order valence-corrected chi connectivity index (χ4v) is 0.861. The van der Waals surface area contributed by atoms with Gasteiger partial charge in [-0.3, -0.25) is 0 Å². The lowest BCUT2D eigenvalue weighted by atomic mass is 10.0. The van der Waals surface area contributed by atoms with Crippen LogP contribution < -0.4 is 5.73 Å². The van der Waals surface area contributed by atoms with Crippen molar-refractivity contribution in [2.24, 2.45) is 5.73 Å². The van der Waals surface area contributed by atoms with Crippen molar-refractivity contribution in [3.63, 3.8) is 0 Å². The summed E-state index contributed by atoms with van der Waals surface area (Å²) in [5, 5.41) is 0. The maximum atomic E-state index is 5.76. The second kappa shape index (κ2) is 5.48. The van der Waals surface area contributed by atoms with Crippen LogP contribution in [0.2, 0.25) is 0 Å². The molecular weight excluding hydrogens is 122 g/mol. The highest BCUT2D eigenvalue weighted by Gasteiger charge is 2.00. The lowest BCUT2D eigenvalue weighted by Gasteiger charge is -2.09. The van der Waals surface area contributed by atoms with E-state index in [2.05, 4.69) is 13.5 Å². The summed E-state index contributed by atoms with van der Waals surface area (Å²) in [6.07, 6.45) is 4.90. The summed E-state index contributed by atoms with van der Waals surface area (Å²) in [6.45, 7) is 8.01. The Kier molecular flexibility index (Phi) is 5.32. The van der Waals surface area contributed by atoms with E-state index in [1.807, 2.05) is 6.92 Å². The minimum Gasteiger partial charge on any atom is -0.324 e. The van der Waals surface area contributed by atoms with Gasteiger partial charge in [0.25, 0.3) is 0 Å². The Morgan fingerprint density at radius 3 is 2.50 bits per heavy atom. The van der Waals surface area contributed by atoms with Crippen LogP contribution in [-0.2, 0) is 0 Å². The average Bonchev–Trinajstić information content (AvgIpc) is 1.88. The smallest absolute Gasteiger partial charge is 0.0248 e. The van der Waals surface area contributed by atoms with E-state index in [0.29, 0.717) is 0 Å². The molecule has 0 aromatic heterocycles. The molecule has 1 atom stereocenters. The zero-order valence-corrected chi connectivity index (χ0v) is 7.19. The molecule has 0 bridgehead atoms. The SMILES string of the molecule is C=C(C)C(N)CCCCC. The van der Waals surface area contributed by atoms with E-state index in [0.717, 1.165) is 12.0 Å². The van der Waals surface area contributed by atoms with Gasteiger partial charge in [-0.05, 0) is 13.3 Å². The van der Waals surface area contributed by atoms with Gasteiger partial charge in [0.15, 0.2) is 0 Å². The van der Waals surface area contributed by atoms with E-state index >= 15 is 0 Å². The van der Waals surface area contributed by atoms with Crippen LogP contribution in [0.15, 0.2) is 12.2 Å². The predicted molar refractivity (Wildman–Crippen MR) is 46.9 cm³/mol. The number of hydrogen-bond acceptors (Lipinski definition) is 1. The fraction of sp³-hybridized carbons (Fsp3) is 0.778. The van der Waals surface area contributed by atoms with E-state index in [9.17, 15) is 0 Å². The largest absolute Gasteiger partial charge is 0.324 e. The Bertz CT molecular complexity index is 96.9. The van der Waals surface area contributed by atoms with Crippen LogP contribution in [0.25, 0.3) is 0 Å². The second-order valence-corrected chi connectivity index (χ2v) is 2.95. The van der Waals surface area contributed by atoms with E-state index < -0.39 is 0 Å². The van der Waals surface area contributed by atoms with Gasteiger partial charge in [-0.1, -0.05) is 38.3 Å². The Labute approximate surface area is 64.3 Å². The van der Waals surface area contributed by atoms with Crippen LogP contribution in [0.1, 0.15) is 39.5 Å². The van der Waals surface area contributed by atoms with E-state index in [4.69, 9.17) is 5.73 Å². The number of nitrogens with two attached hydrogens (primary N) is 1. The second-order valence-electron chi connectivity index (χ2n) is 2.95. The normalized spacial score (nSPS) is 13.1. The van der Waals surface area contributed by atoms with Crippen molar-refractivity contribution in [3.8, 4) is 0 Å². The number of unbranched alkanes of at least 4 members (excludes halogenated alkanes) is 2. The summed E-state index contributed by atoms with van der Waals surface area (Å²) in [4.78, 5) is 0. The molecule has 60 valence electrons. The maximum Gasteiger partial charge on any atom is 0.0248 e. The van der Waals surface area contributed by atoms with Gasteiger partial charge in [0.2, 0.25) is 0 Å². The third kappa shape index (κ3) is 4.57. The fourth-order valence-electron chi connectivity index (χ4n) is 0.861. The third-order valence-electron chi connectivity index (χ3n) is 1.75. The predicted octanol–water partition coefficient (Wildman–Crippen LogP) is 2.47. The molecule has 1 unspecified atom stereocenters. The van der Waals surface area contributed by atoms with Gasteiger partial charge in [-0.25, -0.2) is 0 Å². The van der Waals surface area contributed by atoms with E-state index in [-0.39, 0.29) is 6.04 Å². The molecule has 0 saturated heterocycles. The Hall–Kier alpha value is -0.300. The first kappa shape index (κ1) is 9.70. The zero-order valence-electron chi connectivity index (χ0n) is 7.19. The summed E-state index contributed by atoms with van der Waals surface area (Å²) < 4.78 is 0. The van der Waals surface area contributed by atoms with Gasteiger partial charge < -0.3 is 5.73 Å². The summed E-state index contributed by atoms with van der Waals surface area (Å²) >= 11 is 0. The summed E-state index contributed by atoms with van der Waals surface area (Å²) in [5.74, 6) is 0. The minimum absolute atomic E-state index is 0.228. The first-order valence-electron chi connectivity index (χ1n) is 4.09. The Morgan fingerprint density at radius 1 is 1.50 bits per heavy atom. The molecule has 0 amide bonds. The molecule has 0 aliphatic carbocycles. The highest BCUT2D eigenvalue weighted by atomic mass is 14.6. The molecule has 0 aliphatic rings. The molecule has 0 aromatic rings. The number of rotatable bonds is 5. The lowest BCUT2D eigenvalue weighted by molar-refractivity contribution is 0.607. The highest BCUT2D eigenvalue weighted by molar-refractivity contribution is 4.99. The molecular formula is C9H19N. The van der Waals surface area contributed by atoms with Gasteiger partial charge >= 0.3 is 0 Å². The molecule has 0 radical (unpaired) electrons. The van der Waals surface area contributed by atoms with Crippen LogP contribution in [0.5, 0.6) is 0 Å². The first-order chi connectivity index (χ1) is 4.68. The third-order valence-corrected chi connectivity index (χ3v) is 1.75. The molecule has 10 heavy (non-hydrogen) atoms. The van der Waals surface area contributed by atoms with Crippen molar-refractivity contribution >= 4 is 0 Å². The van der Waals surface area contributed by atoms with Crippen molar-refractivity contribution in [1.29, 1.82) is 0 Å². The average molecular weight is 141 g/mol. The molecule has 0 spiro atoms. The van der Waals surface area contributed by atoms with E-state index in [1.165, 1.54) is 19.3 Å². The monoisotopic (exact) mass is 141 g/mol. The standard InChI is InChI=1S/C9H19N/c1-4-5-6-7-9(10)8(2)3/h9H,2,4-7,10H2,1,3H3. The molecule has 0 aromatic carbocycles. The molecule has 0 aliphatic heterocycles. The van der Waals surface area contributed by atoms with Gasteiger partial charge in [0, 0.05) is 6.04 Å². The summed E-state index contributed by atoms with van der Waals surface area (Å²) in [6, 6.07) is 0.228. The van der Waals surface area contributed by atoms with Crippen molar-refractivity contribution in [1.82, 2.24) is 0 Å². The minimum atomic E-state index is 0.228. The van der Waals surface area contributed by atoms with Gasteiger partial charge in [0.05, 0.1) is 0 Å². The zero-order chi connectivity index (χ0) is 7.98. The maximum absolute atomic E-state index is 5.76. The molecule has 1 heteroatoms. The molecule has 1 nitrogen and oxygen atoms in total. The summed E-state index contributed by atoms with van der Waals surface area (Å²) in [5.41, 5.74) is 6.87. The van der Waals surface area contributed by atoms with Crippen molar-refractivity contribution in [2.45, 2.75) is 45.6 Å². The summed E-state index contributed by atoms with van der Waals surface area (Å²) in [7, 11) is 0. The topological polar surface area (TPSA) is 26.0 Å². The van der Waals surface area contributed by atoms with Crippen LogP contribution >= 0.6 is 0 Å². The first-order valence-corrected chi connectivity index (χ1v) is 4.09. The molecule has 0 rings (SSSR count). The van der Waals surface area contributed by atoms with Crippen molar-refractivity contribution in [3.05, 3.63) is 12.2 Å². The van der Waals surface area contributed by atoms with Gasteiger partial charge in [-0.15, -0.1) is 0 Å². The van der Waals surface area contributed by atoms with Crippen molar-refractivity contribution < 1.29 is 0 Å². The van der Waals surface area contributed by atoms with E-state index in [1.54, 1.807) is 0 Å². The van der Waals surface area contributed by atoms with Crippen LogP contribution in [0.4, 0.5) is 0 Å². The van der Waals surface area contributed by atoms with Gasteiger partial charge in [-0.2, -0.15) is 0 Å². The Morgan fingerprint density at radius 2 is 2.10 bits per heavy atom. The van der Waals surface area contributed by atoms with Crippen LogP contribution in [0.3, 0.4) is 0 Å². The van der Waals surface area contributed by atoms with Crippen molar-refractivity contribution in [2.75, 3.05) is 0 Å². The number of hydrogen-bond donors (Lipinski definition) is 1. The van der Waals surface area contributed by atoms with Gasteiger partial charge in [0.1, 0.15) is 0 Å². The van der Waals surface area contributed by atoms with Crippen LogP contribution in [0, 0.1) is 0 Å². The Balaban J connectivity index is 3.21. The lowest BCUT2D eigenvalue weighted by Crippen LogP contribution is -2.20. The molecule has 0 fully saturated rings. The quantitative estimate of drug-likeness (QED) is 0.462. The van der Waals surface area contributed by atoms with Crippen LogP contribution in [-0.4, -0.2) is 6.04 Å².